The molecule has 0 spiro atoms. The van der Waals surface area contributed by atoms with Crippen LogP contribution in [0.15, 0.2) is 66.7 Å². The standard InChI is InChI=1S/C37H42F2N6O7/c1-22(44(2)37(50)51)34(47)42-31(24-14-17-52-18-15-24)36(49)45-21-25-19-26(41-30(46)13-16-40-20-23-7-4-3-5-8-23)11-12-27(25)33(45)35(48)43-32-28(38)9-6-10-29(32)39/h3-12,19,22,24,31,33,40H,13-18,20-21H2,1-2H3,(H,41,46)(H,42,47)(H,43,48)(H,50,51)/t22?,31?,33-/m0/s1. The van der Waals surface area contributed by atoms with Crippen LogP contribution in [0.3, 0.4) is 0 Å². The zero-order chi connectivity index (χ0) is 37.4. The summed E-state index contributed by atoms with van der Waals surface area (Å²) in [6, 6.07) is 14.0. The van der Waals surface area contributed by atoms with Crippen LogP contribution in [0.5, 0.6) is 0 Å². The minimum Gasteiger partial charge on any atom is -0.465 e. The van der Waals surface area contributed by atoms with Crippen molar-refractivity contribution >= 4 is 41.1 Å². The summed E-state index contributed by atoms with van der Waals surface area (Å²) in [4.78, 5) is 68.1. The van der Waals surface area contributed by atoms with Crippen molar-refractivity contribution in [3.8, 4) is 0 Å². The molecule has 2 aliphatic heterocycles. The summed E-state index contributed by atoms with van der Waals surface area (Å²) in [5.74, 6) is -4.97. The number of amides is 5. The van der Waals surface area contributed by atoms with Crippen LogP contribution in [0, 0.1) is 17.6 Å². The van der Waals surface area contributed by atoms with Crippen LogP contribution in [0.4, 0.5) is 25.0 Å². The highest BCUT2D eigenvalue weighted by atomic mass is 19.1. The van der Waals surface area contributed by atoms with E-state index in [0.29, 0.717) is 56.0 Å². The number of likely N-dealkylation sites (N-methyl/N-ethyl adjacent to an activating group) is 1. The Kier molecular flexibility index (Phi) is 12.5. The van der Waals surface area contributed by atoms with Crippen LogP contribution in [-0.2, 0) is 37.0 Å². The maximum atomic E-state index is 14.6. The smallest absolute Gasteiger partial charge is 0.407 e. The molecule has 1 fully saturated rings. The van der Waals surface area contributed by atoms with Crippen molar-refractivity contribution in [2.75, 3.05) is 37.4 Å². The number of nitrogens with one attached hydrogen (secondary N) is 4. The quantitative estimate of drug-likeness (QED) is 0.165. The predicted molar refractivity (Wildman–Crippen MR) is 187 cm³/mol. The highest BCUT2D eigenvalue weighted by Gasteiger charge is 2.44. The van der Waals surface area contributed by atoms with Gasteiger partial charge in [-0.25, -0.2) is 13.6 Å². The Morgan fingerprint density at radius 3 is 2.33 bits per heavy atom. The van der Waals surface area contributed by atoms with Crippen LogP contribution in [-0.4, -0.2) is 83.5 Å². The molecule has 2 unspecified atom stereocenters. The first-order valence-electron chi connectivity index (χ1n) is 17.0. The number of para-hydroxylation sites is 1. The second kappa shape index (κ2) is 17.2. The summed E-state index contributed by atoms with van der Waals surface area (Å²) in [6.45, 7) is 2.90. The molecule has 5 N–H and O–H groups in total. The van der Waals surface area contributed by atoms with Gasteiger partial charge in [-0.3, -0.25) is 24.1 Å². The van der Waals surface area contributed by atoms with E-state index < -0.39 is 65.2 Å². The second-order valence-corrected chi connectivity index (χ2v) is 12.8. The Bertz CT molecular complexity index is 1770. The molecule has 1 saturated heterocycles. The van der Waals surface area contributed by atoms with Crippen molar-refractivity contribution in [1.29, 1.82) is 0 Å². The minimum atomic E-state index is -1.37. The third-order valence-electron chi connectivity index (χ3n) is 9.38. The molecule has 3 aromatic rings. The van der Waals surface area contributed by atoms with E-state index in [2.05, 4.69) is 21.3 Å². The molecule has 0 aromatic heterocycles. The number of fused-ring (bicyclic) bond motifs is 1. The normalized spacial score (nSPS) is 16.7. The van der Waals surface area contributed by atoms with Gasteiger partial charge in [0.15, 0.2) is 0 Å². The summed E-state index contributed by atoms with van der Waals surface area (Å²) in [6.07, 6.45) is -0.367. The summed E-state index contributed by atoms with van der Waals surface area (Å²) >= 11 is 0. The molecule has 5 rings (SSSR count). The van der Waals surface area contributed by atoms with E-state index >= 15 is 0 Å². The number of benzene rings is 3. The lowest BCUT2D eigenvalue weighted by Crippen LogP contribution is -2.57. The highest BCUT2D eigenvalue weighted by molar-refractivity contribution is 6.01. The Labute approximate surface area is 299 Å². The molecule has 0 radical (unpaired) electrons. The predicted octanol–water partition coefficient (Wildman–Crippen LogP) is 4.01. The number of ether oxygens (including phenoxy) is 1. The van der Waals surface area contributed by atoms with Gasteiger partial charge in [-0.15, -0.1) is 0 Å². The second-order valence-electron chi connectivity index (χ2n) is 12.8. The highest BCUT2D eigenvalue weighted by Crippen LogP contribution is 2.38. The van der Waals surface area contributed by atoms with Gasteiger partial charge in [0.25, 0.3) is 5.91 Å². The van der Waals surface area contributed by atoms with Crippen LogP contribution in [0.2, 0.25) is 0 Å². The summed E-state index contributed by atoms with van der Waals surface area (Å²) in [5, 5.41) is 20.5. The van der Waals surface area contributed by atoms with E-state index in [4.69, 9.17) is 4.74 Å². The molecule has 5 amide bonds. The molecule has 2 heterocycles. The lowest BCUT2D eigenvalue weighted by atomic mass is 9.90. The van der Waals surface area contributed by atoms with Crippen molar-refractivity contribution in [3.63, 3.8) is 0 Å². The maximum Gasteiger partial charge on any atom is 0.407 e. The molecule has 3 aromatic carbocycles. The molecular weight excluding hydrogens is 678 g/mol. The molecule has 2 aliphatic rings. The Morgan fingerprint density at radius 2 is 1.65 bits per heavy atom. The third-order valence-corrected chi connectivity index (χ3v) is 9.38. The number of halogens is 2. The number of carbonyl (C=O) groups is 5. The van der Waals surface area contributed by atoms with Crippen molar-refractivity contribution in [3.05, 3.63) is 95.1 Å². The third kappa shape index (κ3) is 9.08. The van der Waals surface area contributed by atoms with Gasteiger partial charge in [0.05, 0.1) is 0 Å². The van der Waals surface area contributed by atoms with Gasteiger partial charge in [0.1, 0.15) is 35.4 Å². The topological polar surface area (TPSA) is 169 Å². The number of anilines is 2. The molecule has 0 bridgehead atoms. The van der Waals surface area contributed by atoms with Crippen LogP contribution < -0.4 is 21.3 Å². The maximum absolute atomic E-state index is 14.6. The van der Waals surface area contributed by atoms with Gasteiger partial charge in [0, 0.05) is 52.0 Å². The van der Waals surface area contributed by atoms with E-state index in [-0.39, 0.29) is 18.9 Å². The molecular formula is C37H42F2N6O7. The molecule has 15 heteroatoms. The van der Waals surface area contributed by atoms with Gasteiger partial charge >= 0.3 is 6.09 Å². The fourth-order valence-corrected chi connectivity index (χ4v) is 6.31. The number of hydrogen-bond acceptors (Lipinski definition) is 7. The van der Waals surface area contributed by atoms with Crippen LogP contribution >= 0.6 is 0 Å². The first kappa shape index (κ1) is 37.8. The zero-order valence-corrected chi connectivity index (χ0v) is 28.9. The fourth-order valence-electron chi connectivity index (χ4n) is 6.31. The zero-order valence-electron chi connectivity index (χ0n) is 28.9. The first-order valence-corrected chi connectivity index (χ1v) is 17.0. The minimum absolute atomic E-state index is 0.130. The number of carbonyl (C=O) groups excluding carboxylic acids is 4. The van der Waals surface area contributed by atoms with Crippen molar-refractivity contribution < 1.29 is 42.6 Å². The number of hydrogen-bond donors (Lipinski definition) is 5. The molecule has 13 nitrogen and oxygen atoms in total. The lowest BCUT2D eigenvalue weighted by molar-refractivity contribution is -0.144. The largest absolute Gasteiger partial charge is 0.465 e. The number of nitrogens with zero attached hydrogens (tertiary/aromatic N) is 2. The van der Waals surface area contributed by atoms with Gasteiger partial charge in [-0.2, -0.15) is 0 Å². The summed E-state index contributed by atoms with van der Waals surface area (Å²) < 4.78 is 34.8. The molecule has 0 saturated carbocycles. The number of carboxylic acid groups (broad SMARTS) is 1. The Balaban J connectivity index is 1.39. The van der Waals surface area contributed by atoms with E-state index in [0.717, 1.165) is 28.7 Å². The average molecular weight is 721 g/mol. The van der Waals surface area contributed by atoms with Gasteiger partial charge in [-0.05, 0) is 66.6 Å². The van der Waals surface area contributed by atoms with Crippen LogP contribution in [0.25, 0.3) is 0 Å². The van der Waals surface area contributed by atoms with Gasteiger partial charge in [-0.1, -0.05) is 42.5 Å². The first-order chi connectivity index (χ1) is 24.9. The van der Waals surface area contributed by atoms with Crippen molar-refractivity contribution in [1.82, 2.24) is 20.4 Å². The van der Waals surface area contributed by atoms with Crippen LogP contribution in [0.1, 0.15) is 48.9 Å². The Hall–Kier alpha value is -5.41. The average Bonchev–Trinajstić information content (AvgIpc) is 3.52. The number of rotatable bonds is 13. The van der Waals surface area contributed by atoms with E-state index in [1.54, 1.807) is 18.2 Å². The molecule has 276 valence electrons. The van der Waals surface area contributed by atoms with Gasteiger partial charge in [0.2, 0.25) is 17.7 Å². The van der Waals surface area contributed by atoms with E-state index in [1.165, 1.54) is 18.9 Å². The molecule has 52 heavy (non-hydrogen) atoms. The molecule has 3 atom stereocenters. The monoisotopic (exact) mass is 720 g/mol. The van der Waals surface area contributed by atoms with Crippen molar-refractivity contribution in [2.24, 2.45) is 5.92 Å². The summed E-state index contributed by atoms with van der Waals surface area (Å²) in [7, 11) is 1.23. The van der Waals surface area contributed by atoms with E-state index in [9.17, 15) is 37.9 Å². The molecule has 0 aliphatic carbocycles. The SMILES string of the molecule is CC(C(=O)NC(C(=O)N1Cc2cc(NC(=O)CCNCc3ccccc3)ccc2[C@H]1C(=O)Nc1c(F)cccc1F)C1CCOCC1)N(C)C(=O)O. The fraction of sp³-hybridized carbons (Fsp3) is 0.378. The Morgan fingerprint density at radius 1 is 0.962 bits per heavy atom. The van der Waals surface area contributed by atoms with Gasteiger partial charge < -0.3 is 36.0 Å². The lowest BCUT2D eigenvalue weighted by Gasteiger charge is -2.35. The summed E-state index contributed by atoms with van der Waals surface area (Å²) in [5.41, 5.74) is 1.68. The van der Waals surface area contributed by atoms with E-state index in [1.807, 2.05) is 30.3 Å². The van der Waals surface area contributed by atoms with Crippen molar-refractivity contribution in [2.45, 2.75) is 57.4 Å².